The van der Waals surface area contributed by atoms with Crippen LogP contribution in [0.15, 0.2) is 30.6 Å². The van der Waals surface area contributed by atoms with Gasteiger partial charge in [0.1, 0.15) is 17.4 Å². The van der Waals surface area contributed by atoms with E-state index in [0.29, 0.717) is 24.6 Å². The van der Waals surface area contributed by atoms with Gasteiger partial charge in [-0.3, -0.25) is 4.79 Å². The predicted octanol–water partition coefficient (Wildman–Crippen LogP) is 3.04. The Morgan fingerprint density at radius 3 is 2.73 bits per heavy atom. The summed E-state index contributed by atoms with van der Waals surface area (Å²) in [6.07, 6.45) is 2.17. The van der Waals surface area contributed by atoms with Crippen LogP contribution in [0, 0.1) is 5.92 Å². The van der Waals surface area contributed by atoms with Crippen LogP contribution in [-0.4, -0.2) is 47.3 Å². The zero-order chi connectivity index (χ0) is 21.3. The van der Waals surface area contributed by atoms with Crippen LogP contribution < -0.4 is 19.5 Å². The molecule has 0 bridgehead atoms. The zero-order valence-electron chi connectivity index (χ0n) is 17.6. The summed E-state index contributed by atoms with van der Waals surface area (Å²) in [5.41, 5.74) is 3.36. The summed E-state index contributed by atoms with van der Waals surface area (Å²) in [5, 5.41) is 2.88. The summed E-state index contributed by atoms with van der Waals surface area (Å²) >= 11 is 0. The number of rotatable bonds is 7. The molecule has 1 saturated heterocycles. The molecule has 2 atom stereocenters. The van der Waals surface area contributed by atoms with Crippen molar-refractivity contribution in [3.05, 3.63) is 30.6 Å². The number of hydrogen-bond donors (Lipinski definition) is 1. The van der Waals surface area contributed by atoms with Crippen LogP contribution in [0.5, 0.6) is 17.4 Å². The first kappa shape index (κ1) is 20.0. The lowest BCUT2D eigenvalue weighted by molar-refractivity contribution is -0.119. The quantitative estimate of drug-likeness (QED) is 0.644. The zero-order valence-corrected chi connectivity index (χ0v) is 17.6. The number of nitrogens with one attached hydrogen (secondary N) is 1. The lowest BCUT2D eigenvalue weighted by atomic mass is 10.0. The molecule has 0 radical (unpaired) electrons. The van der Waals surface area contributed by atoms with Crippen molar-refractivity contribution in [3.8, 4) is 28.6 Å². The van der Waals surface area contributed by atoms with E-state index in [1.807, 2.05) is 37.5 Å². The summed E-state index contributed by atoms with van der Waals surface area (Å²) < 4.78 is 19.1. The molecule has 158 valence electrons. The van der Waals surface area contributed by atoms with Gasteiger partial charge in [0, 0.05) is 31.0 Å². The molecular weight excluding hydrogens is 384 g/mol. The first-order valence-electron chi connectivity index (χ1n) is 10.1. The smallest absolute Gasteiger partial charge is 0.257 e. The molecular formula is C22H26N4O4. The fourth-order valence-corrected chi connectivity index (χ4v) is 3.79. The van der Waals surface area contributed by atoms with Crippen LogP contribution >= 0.6 is 0 Å². The van der Waals surface area contributed by atoms with Crippen molar-refractivity contribution in [1.82, 2.24) is 19.9 Å². The van der Waals surface area contributed by atoms with Crippen molar-refractivity contribution in [1.29, 1.82) is 0 Å². The number of hydrogen-bond acceptors (Lipinski definition) is 6. The second-order valence-electron chi connectivity index (χ2n) is 7.37. The largest absolute Gasteiger partial charge is 0.491 e. The molecule has 3 heterocycles. The Morgan fingerprint density at radius 2 is 2.07 bits per heavy atom. The number of benzene rings is 1. The van der Waals surface area contributed by atoms with Crippen molar-refractivity contribution in [2.75, 3.05) is 20.8 Å². The SMILES string of the molecule is CCn1cnc2cc(-c3ccc(OC)c(OC)n3)cc(O[C@H](C)[C@H]3CNC(=O)C3)c21. The lowest BCUT2D eigenvalue weighted by Crippen LogP contribution is -2.25. The number of nitrogens with zero attached hydrogens (tertiary/aromatic N) is 3. The van der Waals surface area contributed by atoms with Crippen LogP contribution in [0.4, 0.5) is 0 Å². The Kier molecular flexibility index (Phi) is 5.48. The highest BCUT2D eigenvalue weighted by atomic mass is 16.5. The molecule has 0 unspecified atom stereocenters. The number of aryl methyl sites for hydroxylation is 1. The minimum atomic E-state index is -0.124. The normalized spacial score (nSPS) is 17.1. The van der Waals surface area contributed by atoms with Crippen LogP contribution in [0.3, 0.4) is 0 Å². The van der Waals surface area contributed by atoms with Crippen molar-refractivity contribution < 1.29 is 19.0 Å². The monoisotopic (exact) mass is 410 g/mol. The van der Waals surface area contributed by atoms with E-state index in [-0.39, 0.29) is 17.9 Å². The molecule has 8 heteroatoms. The van der Waals surface area contributed by atoms with Gasteiger partial charge >= 0.3 is 0 Å². The highest BCUT2D eigenvalue weighted by Gasteiger charge is 2.28. The number of pyridine rings is 1. The van der Waals surface area contributed by atoms with Gasteiger partial charge < -0.3 is 24.1 Å². The van der Waals surface area contributed by atoms with Crippen LogP contribution in [-0.2, 0) is 11.3 Å². The summed E-state index contributed by atoms with van der Waals surface area (Å²) in [5.74, 6) is 1.92. The standard InChI is InChI=1S/C22H26N4O4/c1-5-26-12-24-17-8-14(16-6-7-18(28-3)22(25-16)29-4)9-19(21(17)26)30-13(2)15-10-20(27)23-11-15/h6-9,12-13,15H,5,10-11H2,1-4H3,(H,23,27)/t13-,15-/m1/s1. The maximum atomic E-state index is 11.6. The minimum Gasteiger partial charge on any atom is -0.491 e. The topological polar surface area (TPSA) is 87.5 Å². The van der Waals surface area contributed by atoms with E-state index in [4.69, 9.17) is 14.2 Å². The summed E-state index contributed by atoms with van der Waals surface area (Å²) in [6, 6.07) is 7.68. The molecule has 2 aromatic heterocycles. The number of imidazole rings is 1. The minimum absolute atomic E-state index is 0.0717. The lowest BCUT2D eigenvalue weighted by Gasteiger charge is -2.21. The summed E-state index contributed by atoms with van der Waals surface area (Å²) in [6.45, 7) is 5.48. The van der Waals surface area contributed by atoms with Crippen LogP contribution in [0.1, 0.15) is 20.3 Å². The molecule has 0 saturated carbocycles. The Bertz CT molecular complexity index is 1080. The molecule has 30 heavy (non-hydrogen) atoms. The Morgan fingerprint density at radius 1 is 1.23 bits per heavy atom. The molecule has 1 aromatic carbocycles. The molecule has 0 spiro atoms. The average Bonchev–Trinajstić information content (AvgIpc) is 3.39. The molecule has 1 amide bonds. The molecule has 1 fully saturated rings. The Labute approximate surface area is 175 Å². The molecule has 4 rings (SSSR count). The molecule has 1 aliphatic heterocycles. The van der Waals surface area contributed by atoms with Gasteiger partial charge in [-0.2, -0.15) is 0 Å². The number of amides is 1. The second-order valence-corrected chi connectivity index (χ2v) is 7.37. The van der Waals surface area contributed by atoms with Crippen molar-refractivity contribution >= 4 is 16.9 Å². The molecule has 8 nitrogen and oxygen atoms in total. The third-order valence-electron chi connectivity index (χ3n) is 5.54. The average molecular weight is 410 g/mol. The first-order valence-corrected chi connectivity index (χ1v) is 10.1. The van der Waals surface area contributed by atoms with Gasteiger partial charge in [0.25, 0.3) is 5.88 Å². The van der Waals surface area contributed by atoms with E-state index in [1.165, 1.54) is 0 Å². The van der Waals surface area contributed by atoms with E-state index < -0.39 is 0 Å². The maximum absolute atomic E-state index is 11.6. The number of carbonyl (C=O) groups is 1. The number of fused-ring (bicyclic) bond motifs is 1. The number of methoxy groups -OCH3 is 2. The Hall–Kier alpha value is -3.29. The van der Waals surface area contributed by atoms with E-state index >= 15 is 0 Å². The van der Waals surface area contributed by atoms with Crippen LogP contribution in [0.2, 0.25) is 0 Å². The van der Waals surface area contributed by atoms with Gasteiger partial charge in [0.15, 0.2) is 5.75 Å². The first-order chi connectivity index (χ1) is 14.5. The molecule has 0 aliphatic carbocycles. The third kappa shape index (κ3) is 3.65. The third-order valence-corrected chi connectivity index (χ3v) is 5.54. The van der Waals surface area contributed by atoms with Gasteiger partial charge in [0.05, 0.1) is 31.8 Å². The summed E-state index contributed by atoms with van der Waals surface area (Å²) in [4.78, 5) is 20.8. The van der Waals surface area contributed by atoms with E-state index in [9.17, 15) is 4.79 Å². The fourth-order valence-electron chi connectivity index (χ4n) is 3.79. The fraction of sp³-hybridized carbons (Fsp3) is 0.409. The Balaban J connectivity index is 1.76. The van der Waals surface area contributed by atoms with E-state index in [0.717, 1.165) is 34.6 Å². The van der Waals surface area contributed by atoms with Gasteiger partial charge in [-0.05, 0) is 38.1 Å². The second kappa shape index (κ2) is 8.22. The van der Waals surface area contributed by atoms with Gasteiger partial charge in [0.2, 0.25) is 5.91 Å². The van der Waals surface area contributed by atoms with E-state index in [1.54, 1.807) is 14.2 Å². The highest BCUT2D eigenvalue weighted by molar-refractivity contribution is 5.87. The van der Waals surface area contributed by atoms with Crippen LogP contribution in [0.25, 0.3) is 22.3 Å². The summed E-state index contributed by atoms with van der Waals surface area (Å²) in [7, 11) is 3.15. The number of carbonyl (C=O) groups excluding carboxylic acids is 1. The number of aromatic nitrogens is 3. The molecule has 3 aromatic rings. The maximum Gasteiger partial charge on any atom is 0.257 e. The highest BCUT2D eigenvalue weighted by Crippen LogP contribution is 2.35. The van der Waals surface area contributed by atoms with Crippen molar-refractivity contribution in [3.63, 3.8) is 0 Å². The number of ether oxygens (including phenoxy) is 3. The van der Waals surface area contributed by atoms with Crippen molar-refractivity contribution in [2.45, 2.75) is 32.9 Å². The molecule has 1 N–H and O–H groups in total. The molecule has 1 aliphatic rings. The van der Waals surface area contributed by atoms with Gasteiger partial charge in [-0.1, -0.05) is 0 Å². The van der Waals surface area contributed by atoms with Gasteiger partial charge in [-0.25, -0.2) is 9.97 Å². The van der Waals surface area contributed by atoms with E-state index in [2.05, 4.69) is 26.8 Å². The van der Waals surface area contributed by atoms with Gasteiger partial charge in [-0.15, -0.1) is 0 Å². The van der Waals surface area contributed by atoms with Crippen molar-refractivity contribution in [2.24, 2.45) is 5.92 Å². The predicted molar refractivity (Wildman–Crippen MR) is 113 cm³/mol.